The SMILES string of the molecule is N#Cc1cc2cc(Cl)c(Cl)cc2[nH]c1=O. The number of nitrogens with one attached hydrogen (secondary N) is 1. The monoisotopic (exact) mass is 238 g/mol. The third kappa shape index (κ3) is 1.70. The van der Waals surface area contributed by atoms with Crippen LogP contribution < -0.4 is 5.56 Å². The number of halogens is 2. The van der Waals surface area contributed by atoms with Gasteiger partial charge in [-0.25, -0.2) is 0 Å². The average Bonchev–Trinajstić information content (AvgIpc) is 2.20. The van der Waals surface area contributed by atoms with Crippen LogP contribution in [0, 0.1) is 11.3 Å². The van der Waals surface area contributed by atoms with E-state index in [1.54, 1.807) is 18.2 Å². The van der Waals surface area contributed by atoms with Crippen LogP contribution in [-0.2, 0) is 0 Å². The molecule has 2 rings (SSSR count). The molecule has 15 heavy (non-hydrogen) atoms. The summed E-state index contributed by atoms with van der Waals surface area (Å²) in [5.41, 5.74) is 0.192. The van der Waals surface area contributed by atoms with Gasteiger partial charge in [0, 0.05) is 10.9 Å². The van der Waals surface area contributed by atoms with Crippen molar-refractivity contribution in [2.45, 2.75) is 0 Å². The van der Waals surface area contributed by atoms with Crippen LogP contribution in [0.1, 0.15) is 5.56 Å². The highest BCUT2D eigenvalue weighted by Crippen LogP contribution is 2.26. The molecule has 0 aliphatic carbocycles. The van der Waals surface area contributed by atoms with Gasteiger partial charge in [0.15, 0.2) is 0 Å². The number of benzene rings is 1. The van der Waals surface area contributed by atoms with E-state index in [1.165, 1.54) is 6.07 Å². The van der Waals surface area contributed by atoms with Crippen LogP contribution in [0.15, 0.2) is 23.0 Å². The van der Waals surface area contributed by atoms with Gasteiger partial charge in [0.05, 0.1) is 10.0 Å². The number of nitrogens with zero attached hydrogens (tertiary/aromatic N) is 1. The first-order valence-corrected chi connectivity index (χ1v) is 4.79. The number of aromatic amines is 1. The van der Waals surface area contributed by atoms with Gasteiger partial charge in [-0.05, 0) is 18.2 Å². The topological polar surface area (TPSA) is 56.6 Å². The average molecular weight is 239 g/mol. The number of fused-ring (bicyclic) bond motifs is 1. The van der Waals surface area contributed by atoms with Crippen LogP contribution >= 0.6 is 23.2 Å². The number of hydrogen-bond donors (Lipinski definition) is 1. The van der Waals surface area contributed by atoms with E-state index in [2.05, 4.69) is 4.98 Å². The minimum atomic E-state index is -0.427. The third-order valence-corrected chi connectivity index (χ3v) is 2.73. The number of nitriles is 1. The lowest BCUT2D eigenvalue weighted by atomic mass is 10.2. The van der Waals surface area contributed by atoms with Crippen molar-refractivity contribution >= 4 is 34.1 Å². The van der Waals surface area contributed by atoms with Gasteiger partial charge in [-0.1, -0.05) is 23.2 Å². The second-order valence-corrected chi connectivity index (χ2v) is 3.79. The van der Waals surface area contributed by atoms with E-state index >= 15 is 0 Å². The Bertz CT molecular complexity index is 640. The van der Waals surface area contributed by atoms with Gasteiger partial charge in [0.2, 0.25) is 0 Å². The molecule has 0 saturated heterocycles. The smallest absolute Gasteiger partial charge is 0.266 e. The molecule has 0 fully saturated rings. The van der Waals surface area contributed by atoms with Crippen molar-refractivity contribution in [3.8, 4) is 6.07 Å². The molecule has 0 spiro atoms. The Balaban J connectivity index is 2.90. The van der Waals surface area contributed by atoms with Gasteiger partial charge >= 0.3 is 0 Å². The number of pyridine rings is 1. The predicted octanol–water partition coefficient (Wildman–Crippen LogP) is 2.71. The van der Waals surface area contributed by atoms with E-state index in [-0.39, 0.29) is 5.56 Å². The van der Waals surface area contributed by atoms with Crippen LogP contribution in [0.5, 0.6) is 0 Å². The van der Waals surface area contributed by atoms with Gasteiger partial charge in [0.25, 0.3) is 5.56 Å². The minimum absolute atomic E-state index is 0.0564. The van der Waals surface area contributed by atoms with Crippen molar-refractivity contribution in [1.29, 1.82) is 5.26 Å². The van der Waals surface area contributed by atoms with E-state index < -0.39 is 5.56 Å². The zero-order chi connectivity index (χ0) is 11.0. The molecule has 0 amide bonds. The zero-order valence-corrected chi connectivity index (χ0v) is 8.86. The van der Waals surface area contributed by atoms with Gasteiger partial charge in [-0.15, -0.1) is 0 Å². The first kappa shape index (κ1) is 10.0. The minimum Gasteiger partial charge on any atom is -0.321 e. The molecule has 0 aliphatic rings. The summed E-state index contributed by atoms with van der Waals surface area (Å²) in [5, 5.41) is 10.1. The highest BCUT2D eigenvalue weighted by atomic mass is 35.5. The van der Waals surface area contributed by atoms with Crippen LogP contribution in [0.3, 0.4) is 0 Å². The molecular weight excluding hydrogens is 235 g/mol. The highest BCUT2D eigenvalue weighted by Gasteiger charge is 2.05. The number of aromatic nitrogens is 1. The summed E-state index contributed by atoms with van der Waals surface area (Å²) in [6, 6.07) is 6.45. The fourth-order valence-corrected chi connectivity index (χ4v) is 1.62. The molecule has 3 nitrogen and oxygen atoms in total. The first-order chi connectivity index (χ1) is 7.11. The van der Waals surface area contributed by atoms with Crippen LogP contribution in [0.2, 0.25) is 10.0 Å². The molecule has 1 aromatic heterocycles. The Hall–Kier alpha value is -1.50. The van der Waals surface area contributed by atoms with Gasteiger partial charge in [0.1, 0.15) is 11.6 Å². The van der Waals surface area contributed by atoms with Crippen LogP contribution in [0.4, 0.5) is 0 Å². The van der Waals surface area contributed by atoms with Gasteiger partial charge < -0.3 is 4.98 Å². The maximum absolute atomic E-state index is 11.3. The fraction of sp³-hybridized carbons (Fsp3) is 0. The van der Waals surface area contributed by atoms with Crippen molar-refractivity contribution in [2.24, 2.45) is 0 Å². The third-order valence-electron chi connectivity index (χ3n) is 2.01. The molecule has 0 radical (unpaired) electrons. The normalized spacial score (nSPS) is 10.2. The molecule has 0 aliphatic heterocycles. The molecule has 2 aromatic rings. The van der Waals surface area contributed by atoms with E-state index in [1.807, 2.05) is 0 Å². The standard InChI is InChI=1S/C10H4Cl2N2O/c11-7-2-5-1-6(4-13)10(15)14-9(5)3-8(7)12/h1-3H,(H,14,15). The summed E-state index contributed by atoms with van der Waals surface area (Å²) in [5.74, 6) is 0. The largest absolute Gasteiger partial charge is 0.321 e. The fourth-order valence-electron chi connectivity index (χ4n) is 1.28. The Morgan fingerprint density at radius 2 is 1.87 bits per heavy atom. The van der Waals surface area contributed by atoms with Gasteiger partial charge in [-0.3, -0.25) is 4.79 Å². The Labute approximate surface area is 94.9 Å². The molecule has 74 valence electrons. The van der Waals surface area contributed by atoms with Crippen molar-refractivity contribution in [3.05, 3.63) is 44.2 Å². The van der Waals surface area contributed by atoms with E-state index in [4.69, 9.17) is 28.5 Å². The molecule has 5 heteroatoms. The lowest BCUT2D eigenvalue weighted by Gasteiger charge is -2.00. The van der Waals surface area contributed by atoms with E-state index in [9.17, 15) is 4.79 Å². The Kier molecular flexibility index (Phi) is 2.39. The zero-order valence-electron chi connectivity index (χ0n) is 7.34. The lowest BCUT2D eigenvalue weighted by Crippen LogP contribution is -2.09. The summed E-state index contributed by atoms with van der Waals surface area (Å²) in [7, 11) is 0. The van der Waals surface area contributed by atoms with E-state index in [0.29, 0.717) is 20.9 Å². The second kappa shape index (κ2) is 3.58. The summed E-state index contributed by atoms with van der Waals surface area (Å²) in [6.07, 6.45) is 0. The van der Waals surface area contributed by atoms with Crippen molar-refractivity contribution in [2.75, 3.05) is 0 Å². The molecular formula is C10H4Cl2N2O. The van der Waals surface area contributed by atoms with Crippen molar-refractivity contribution in [1.82, 2.24) is 4.98 Å². The maximum atomic E-state index is 11.3. The van der Waals surface area contributed by atoms with E-state index in [0.717, 1.165) is 0 Å². The highest BCUT2D eigenvalue weighted by molar-refractivity contribution is 6.42. The van der Waals surface area contributed by atoms with Gasteiger partial charge in [-0.2, -0.15) is 5.26 Å². The Morgan fingerprint density at radius 1 is 1.20 bits per heavy atom. The van der Waals surface area contributed by atoms with Crippen LogP contribution in [0.25, 0.3) is 10.9 Å². The molecule has 0 saturated carbocycles. The maximum Gasteiger partial charge on any atom is 0.266 e. The lowest BCUT2D eigenvalue weighted by molar-refractivity contribution is 1.27. The molecule has 1 aromatic carbocycles. The molecule has 0 bridgehead atoms. The molecule has 0 unspecified atom stereocenters. The summed E-state index contributed by atoms with van der Waals surface area (Å²) in [6.45, 7) is 0. The quantitative estimate of drug-likeness (QED) is 0.768. The van der Waals surface area contributed by atoms with Crippen LogP contribution in [-0.4, -0.2) is 4.98 Å². The predicted molar refractivity (Wildman–Crippen MR) is 59.3 cm³/mol. The number of H-pyrrole nitrogens is 1. The first-order valence-electron chi connectivity index (χ1n) is 4.04. The number of hydrogen-bond acceptors (Lipinski definition) is 2. The summed E-state index contributed by atoms with van der Waals surface area (Å²) >= 11 is 11.6. The molecule has 0 atom stereocenters. The van der Waals surface area contributed by atoms with Crippen molar-refractivity contribution < 1.29 is 0 Å². The summed E-state index contributed by atoms with van der Waals surface area (Å²) in [4.78, 5) is 13.9. The molecule has 1 heterocycles. The number of rotatable bonds is 0. The summed E-state index contributed by atoms with van der Waals surface area (Å²) < 4.78 is 0. The van der Waals surface area contributed by atoms with Crippen molar-refractivity contribution in [3.63, 3.8) is 0 Å². The second-order valence-electron chi connectivity index (χ2n) is 2.98. The Morgan fingerprint density at radius 3 is 2.53 bits per heavy atom. The molecule has 1 N–H and O–H groups in total.